The molecule has 0 spiro atoms. The van der Waals surface area contributed by atoms with Gasteiger partial charge in [-0.25, -0.2) is 9.97 Å². The van der Waals surface area contributed by atoms with Crippen LogP contribution in [0.4, 0.5) is 5.82 Å². The zero-order valence-electron chi connectivity index (χ0n) is 12.0. The standard InChI is InChI=1S/C13H21ClN4O/c1-6-15-11(19)8(2)16-10-7-9(14)17-12(18-10)13(3,4)5/h7-8H,6H2,1-5H3,(H,15,19)(H,16,17,18). The fourth-order valence-electron chi connectivity index (χ4n) is 1.44. The maximum absolute atomic E-state index is 11.7. The Balaban J connectivity index is 2.90. The lowest BCUT2D eigenvalue weighted by molar-refractivity contribution is -0.121. The van der Waals surface area contributed by atoms with Crippen LogP contribution in [0.3, 0.4) is 0 Å². The highest BCUT2D eigenvalue weighted by molar-refractivity contribution is 6.29. The zero-order chi connectivity index (χ0) is 14.6. The van der Waals surface area contributed by atoms with E-state index >= 15 is 0 Å². The molecular formula is C13H21ClN4O. The number of hydrogen-bond donors (Lipinski definition) is 2. The Kier molecular flexibility index (Phi) is 5.11. The molecule has 1 aromatic heterocycles. The van der Waals surface area contributed by atoms with Crippen LogP contribution >= 0.6 is 11.6 Å². The van der Waals surface area contributed by atoms with Crippen molar-refractivity contribution in [2.45, 2.75) is 46.1 Å². The van der Waals surface area contributed by atoms with Gasteiger partial charge in [-0.1, -0.05) is 32.4 Å². The number of likely N-dealkylation sites (N-methyl/N-ethyl adjacent to an activating group) is 1. The van der Waals surface area contributed by atoms with Gasteiger partial charge in [0.05, 0.1) is 0 Å². The molecule has 1 rings (SSSR count). The molecule has 1 heterocycles. The quantitative estimate of drug-likeness (QED) is 0.833. The van der Waals surface area contributed by atoms with E-state index in [0.29, 0.717) is 23.3 Å². The monoisotopic (exact) mass is 284 g/mol. The Morgan fingerprint density at radius 2 is 2.05 bits per heavy atom. The van der Waals surface area contributed by atoms with Crippen LogP contribution in [0.25, 0.3) is 0 Å². The summed E-state index contributed by atoms with van der Waals surface area (Å²) in [6, 6.07) is 1.24. The fourth-order valence-corrected chi connectivity index (χ4v) is 1.63. The van der Waals surface area contributed by atoms with Crippen molar-refractivity contribution in [3.63, 3.8) is 0 Å². The maximum Gasteiger partial charge on any atom is 0.242 e. The maximum atomic E-state index is 11.7. The summed E-state index contributed by atoms with van der Waals surface area (Å²) in [7, 11) is 0. The summed E-state index contributed by atoms with van der Waals surface area (Å²) in [5.74, 6) is 1.13. The predicted octanol–water partition coefficient (Wildman–Crippen LogP) is 2.36. The summed E-state index contributed by atoms with van der Waals surface area (Å²) in [4.78, 5) is 20.3. The van der Waals surface area contributed by atoms with Gasteiger partial charge in [0, 0.05) is 18.0 Å². The molecule has 0 aromatic carbocycles. The van der Waals surface area contributed by atoms with E-state index in [-0.39, 0.29) is 17.4 Å². The molecular weight excluding hydrogens is 264 g/mol. The molecule has 19 heavy (non-hydrogen) atoms. The molecule has 2 N–H and O–H groups in total. The van der Waals surface area contributed by atoms with Crippen LogP contribution in [0, 0.1) is 0 Å². The lowest BCUT2D eigenvalue weighted by Crippen LogP contribution is -2.37. The van der Waals surface area contributed by atoms with Crippen LogP contribution in [-0.4, -0.2) is 28.5 Å². The van der Waals surface area contributed by atoms with Crippen molar-refractivity contribution in [3.8, 4) is 0 Å². The van der Waals surface area contributed by atoms with Crippen LogP contribution in [-0.2, 0) is 10.2 Å². The second-order valence-corrected chi connectivity index (χ2v) is 5.80. The molecule has 0 aliphatic carbocycles. The van der Waals surface area contributed by atoms with Gasteiger partial charge < -0.3 is 10.6 Å². The van der Waals surface area contributed by atoms with Gasteiger partial charge in [-0.2, -0.15) is 0 Å². The topological polar surface area (TPSA) is 66.9 Å². The van der Waals surface area contributed by atoms with Crippen LogP contribution in [0.5, 0.6) is 0 Å². The van der Waals surface area contributed by atoms with Crippen LogP contribution in [0.15, 0.2) is 6.07 Å². The number of amides is 1. The average Bonchev–Trinajstić information content (AvgIpc) is 2.27. The van der Waals surface area contributed by atoms with Crippen molar-refractivity contribution in [2.24, 2.45) is 0 Å². The van der Waals surface area contributed by atoms with Crippen molar-refractivity contribution in [3.05, 3.63) is 17.0 Å². The summed E-state index contributed by atoms with van der Waals surface area (Å²) >= 11 is 5.99. The summed E-state index contributed by atoms with van der Waals surface area (Å²) in [5, 5.41) is 6.15. The lowest BCUT2D eigenvalue weighted by Gasteiger charge is -2.19. The van der Waals surface area contributed by atoms with Gasteiger partial charge in [0.1, 0.15) is 22.8 Å². The van der Waals surface area contributed by atoms with Gasteiger partial charge in [-0.3, -0.25) is 4.79 Å². The Labute approximate surface area is 119 Å². The van der Waals surface area contributed by atoms with E-state index in [9.17, 15) is 4.79 Å². The number of rotatable bonds is 4. The van der Waals surface area contributed by atoms with E-state index in [1.165, 1.54) is 0 Å². The SMILES string of the molecule is CCNC(=O)C(C)Nc1cc(Cl)nc(C(C)(C)C)n1. The molecule has 0 fully saturated rings. The van der Waals surface area contributed by atoms with Crippen molar-refractivity contribution in [1.29, 1.82) is 0 Å². The number of nitrogens with one attached hydrogen (secondary N) is 2. The van der Waals surface area contributed by atoms with E-state index in [1.54, 1.807) is 13.0 Å². The highest BCUT2D eigenvalue weighted by atomic mass is 35.5. The number of halogens is 1. The molecule has 1 amide bonds. The molecule has 1 aromatic rings. The van der Waals surface area contributed by atoms with Crippen molar-refractivity contribution in [2.75, 3.05) is 11.9 Å². The first-order chi connectivity index (χ1) is 8.74. The predicted molar refractivity (Wildman–Crippen MR) is 77.5 cm³/mol. The van der Waals surface area contributed by atoms with Crippen LogP contribution in [0.1, 0.15) is 40.4 Å². The highest BCUT2D eigenvalue weighted by Crippen LogP contribution is 2.22. The summed E-state index contributed by atoms with van der Waals surface area (Å²) in [5.41, 5.74) is -0.198. The minimum atomic E-state index is -0.376. The van der Waals surface area contributed by atoms with Crippen molar-refractivity contribution >= 4 is 23.3 Å². The van der Waals surface area contributed by atoms with Crippen molar-refractivity contribution < 1.29 is 4.79 Å². The zero-order valence-corrected chi connectivity index (χ0v) is 12.8. The fraction of sp³-hybridized carbons (Fsp3) is 0.615. The van der Waals surface area contributed by atoms with E-state index in [4.69, 9.17) is 11.6 Å². The number of hydrogen-bond acceptors (Lipinski definition) is 4. The number of anilines is 1. The molecule has 5 nitrogen and oxygen atoms in total. The molecule has 1 unspecified atom stereocenters. The molecule has 0 saturated heterocycles. The molecule has 0 aliphatic heterocycles. The molecule has 0 bridgehead atoms. The number of carbonyl (C=O) groups is 1. The van der Waals surface area contributed by atoms with Gasteiger partial charge in [-0.05, 0) is 13.8 Å². The number of carbonyl (C=O) groups excluding carboxylic acids is 1. The minimum absolute atomic E-state index is 0.0745. The first-order valence-corrected chi connectivity index (χ1v) is 6.71. The lowest BCUT2D eigenvalue weighted by atomic mass is 9.96. The smallest absolute Gasteiger partial charge is 0.242 e. The van der Waals surface area contributed by atoms with E-state index in [0.717, 1.165) is 0 Å². The first kappa shape index (κ1) is 15.7. The van der Waals surface area contributed by atoms with Gasteiger partial charge in [-0.15, -0.1) is 0 Å². The van der Waals surface area contributed by atoms with E-state index < -0.39 is 0 Å². The van der Waals surface area contributed by atoms with Crippen molar-refractivity contribution in [1.82, 2.24) is 15.3 Å². The molecule has 106 valence electrons. The second-order valence-electron chi connectivity index (χ2n) is 5.41. The molecule has 0 aliphatic rings. The van der Waals surface area contributed by atoms with Crippen LogP contribution in [0.2, 0.25) is 5.15 Å². The normalized spacial score (nSPS) is 12.9. The van der Waals surface area contributed by atoms with E-state index in [1.807, 2.05) is 27.7 Å². The number of nitrogens with zero attached hydrogens (tertiary/aromatic N) is 2. The van der Waals surface area contributed by atoms with Crippen LogP contribution < -0.4 is 10.6 Å². The summed E-state index contributed by atoms with van der Waals surface area (Å²) in [6.45, 7) is 10.3. The summed E-state index contributed by atoms with van der Waals surface area (Å²) in [6.07, 6.45) is 0. The molecule has 0 saturated carbocycles. The van der Waals surface area contributed by atoms with Gasteiger partial charge in [0.2, 0.25) is 5.91 Å². The number of aromatic nitrogens is 2. The van der Waals surface area contributed by atoms with Gasteiger partial charge >= 0.3 is 0 Å². The third kappa shape index (κ3) is 4.67. The van der Waals surface area contributed by atoms with Gasteiger partial charge in [0.15, 0.2) is 0 Å². The van der Waals surface area contributed by atoms with Gasteiger partial charge in [0.25, 0.3) is 0 Å². The molecule has 1 atom stereocenters. The highest BCUT2D eigenvalue weighted by Gasteiger charge is 2.20. The second kappa shape index (κ2) is 6.19. The third-order valence-corrected chi connectivity index (χ3v) is 2.67. The minimum Gasteiger partial charge on any atom is -0.358 e. The van der Waals surface area contributed by atoms with E-state index in [2.05, 4.69) is 20.6 Å². The first-order valence-electron chi connectivity index (χ1n) is 6.33. The average molecular weight is 285 g/mol. The Hall–Kier alpha value is -1.36. The summed E-state index contributed by atoms with van der Waals surface area (Å²) < 4.78 is 0. The Morgan fingerprint density at radius 3 is 2.58 bits per heavy atom. The largest absolute Gasteiger partial charge is 0.358 e. The third-order valence-electron chi connectivity index (χ3n) is 2.47. The molecule has 0 radical (unpaired) electrons. The Morgan fingerprint density at radius 1 is 1.42 bits per heavy atom. The molecule has 6 heteroatoms. The Bertz CT molecular complexity index is 456.